The monoisotopic (exact) mass is 297 g/mol. The summed E-state index contributed by atoms with van der Waals surface area (Å²) in [5.74, 6) is -0.280. The lowest BCUT2D eigenvalue weighted by molar-refractivity contribution is -0.117. The highest BCUT2D eigenvalue weighted by Crippen LogP contribution is 2.35. The van der Waals surface area contributed by atoms with E-state index in [2.05, 4.69) is 5.32 Å². The summed E-state index contributed by atoms with van der Waals surface area (Å²) in [5, 5.41) is 12.5. The number of amides is 1. The number of carbonyl (C=O) groups is 1. The molecule has 1 atom stereocenters. The third-order valence-corrected chi connectivity index (χ3v) is 3.68. The van der Waals surface area contributed by atoms with Crippen molar-refractivity contribution in [2.75, 3.05) is 6.54 Å². The van der Waals surface area contributed by atoms with Crippen LogP contribution < -0.4 is 5.32 Å². The molecular formula is C15H17ClFNO2. The summed E-state index contributed by atoms with van der Waals surface area (Å²) < 4.78 is 13.3. The minimum Gasteiger partial charge on any atom is -0.387 e. The van der Waals surface area contributed by atoms with Gasteiger partial charge in [-0.2, -0.15) is 0 Å². The number of halogens is 2. The van der Waals surface area contributed by atoms with E-state index < -0.39 is 11.9 Å². The summed E-state index contributed by atoms with van der Waals surface area (Å²) in [7, 11) is 0. The summed E-state index contributed by atoms with van der Waals surface area (Å²) in [6.07, 6.45) is 2.89. The fourth-order valence-corrected chi connectivity index (χ4v) is 2.07. The van der Waals surface area contributed by atoms with Gasteiger partial charge in [0.2, 0.25) is 5.91 Å². The van der Waals surface area contributed by atoms with Gasteiger partial charge in [0.1, 0.15) is 5.82 Å². The number of hydrogen-bond donors (Lipinski definition) is 2. The predicted molar refractivity (Wildman–Crippen MR) is 75.9 cm³/mol. The van der Waals surface area contributed by atoms with Crippen molar-refractivity contribution in [2.24, 2.45) is 5.92 Å². The molecule has 1 aliphatic carbocycles. The van der Waals surface area contributed by atoms with E-state index in [9.17, 15) is 14.3 Å². The van der Waals surface area contributed by atoms with Gasteiger partial charge >= 0.3 is 0 Å². The number of rotatable bonds is 5. The van der Waals surface area contributed by atoms with E-state index in [1.54, 1.807) is 6.08 Å². The zero-order chi connectivity index (χ0) is 14.7. The van der Waals surface area contributed by atoms with Gasteiger partial charge in [-0.05, 0) is 43.4 Å². The van der Waals surface area contributed by atoms with Crippen LogP contribution in [0, 0.1) is 11.7 Å². The second-order valence-corrected chi connectivity index (χ2v) is 5.50. The van der Waals surface area contributed by atoms with Crippen LogP contribution in [0.2, 0.25) is 5.02 Å². The molecule has 3 nitrogen and oxygen atoms in total. The molecule has 2 rings (SSSR count). The molecule has 1 unspecified atom stereocenters. The van der Waals surface area contributed by atoms with Crippen LogP contribution in [0.5, 0.6) is 0 Å². The Balaban J connectivity index is 1.87. The van der Waals surface area contributed by atoms with Crippen molar-refractivity contribution < 1.29 is 14.3 Å². The molecule has 0 bridgehead atoms. The SMILES string of the molecule is C/C(=C/C(=O)NCC(O)c1ccc(Cl)c(F)c1)C1CC1. The first-order valence-electron chi connectivity index (χ1n) is 6.56. The Bertz CT molecular complexity index is 541. The maximum absolute atomic E-state index is 13.3. The van der Waals surface area contributed by atoms with Gasteiger partial charge in [-0.25, -0.2) is 4.39 Å². The highest BCUT2D eigenvalue weighted by molar-refractivity contribution is 6.30. The van der Waals surface area contributed by atoms with E-state index >= 15 is 0 Å². The largest absolute Gasteiger partial charge is 0.387 e. The van der Waals surface area contributed by atoms with E-state index in [4.69, 9.17) is 11.6 Å². The number of aliphatic hydroxyl groups is 1. The fraction of sp³-hybridized carbons (Fsp3) is 0.400. The van der Waals surface area contributed by atoms with Crippen LogP contribution in [0.3, 0.4) is 0 Å². The first kappa shape index (κ1) is 15.0. The van der Waals surface area contributed by atoms with Crippen LogP contribution in [0.4, 0.5) is 4.39 Å². The first-order chi connectivity index (χ1) is 9.47. The van der Waals surface area contributed by atoms with Crippen LogP contribution in [0.25, 0.3) is 0 Å². The van der Waals surface area contributed by atoms with Crippen LogP contribution in [0.1, 0.15) is 31.4 Å². The zero-order valence-electron chi connectivity index (χ0n) is 11.2. The Morgan fingerprint density at radius 2 is 2.30 bits per heavy atom. The van der Waals surface area contributed by atoms with Gasteiger partial charge in [-0.3, -0.25) is 4.79 Å². The van der Waals surface area contributed by atoms with Crippen molar-refractivity contribution in [3.63, 3.8) is 0 Å². The standard InChI is InChI=1S/C15H17ClFNO2/c1-9(10-2-3-10)6-15(20)18-8-14(19)11-4-5-12(16)13(17)7-11/h4-7,10,14,19H,2-3,8H2,1H3,(H,18,20)/b9-6-. The van der Waals surface area contributed by atoms with Crippen LogP contribution in [-0.2, 0) is 4.79 Å². The number of carbonyl (C=O) groups excluding carboxylic acids is 1. The fourth-order valence-electron chi connectivity index (χ4n) is 1.95. The lowest BCUT2D eigenvalue weighted by Gasteiger charge is -2.12. The molecule has 1 aromatic rings. The molecule has 108 valence electrons. The third-order valence-electron chi connectivity index (χ3n) is 3.38. The van der Waals surface area contributed by atoms with Crippen LogP contribution in [0.15, 0.2) is 29.8 Å². The first-order valence-corrected chi connectivity index (χ1v) is 6.94. The van der Waals surface area contributed by atoms with Gasteiger partial charge in [-0.1, -0.05) is 23.2 Å². The molecule has 2 N–H and O–H groups in total. The van der Waals surface area contributed by atoms with Gasteiger partial charge in [0.05, 0.1) is 11.1 Å². The van der Waals surface area contributed by atoms with Crippen LogP contribution in [-0.4, -0.2) is 17.6 Å². The van der Waals surface area contributed by atoms with Crippen LogP contribution >= 0.6 is 11.6 Å². The maximum Gasteiger partial charge on any atom is 0.244 e. The number of nitrogens with one attached hydrogen (secondary N) is 1. The Labute approximate surface area is 122 Å². The lowest BCUT2D eigenvalue weighted by atomic mass is 10.1. The molecule has 0 saturated heterocycles. The third kappa shape index (κ3) is 4.05. The zero-order valence-corrected chi connectivity index (χ0v) is 12.0. The second kappa shape index (κ2) is 6.37. The smallest absolute Gasteiger partial charge is 0.244 e. The second-order valence-electron chi connectivity index (χ2n) is 5.10. The van der Waals surface area contributed by atoms with Crippen molar-refractivity contribution >= 4 is 17.5 Å². The van der Waals surface area contributed by atoms with E-state index in [-0.39, 0.29) is 17.5 Å². The molecule has 1 saturated carbocycles. The maximum atomic E-state index is 13.3. The molecule has 0 aromatic heterocycles. The van der Waals surface area contributed by atoms with E-state index in [0.717, 1.165) is 18.4 Å². The molecule has 0 spiro atoms. The van der Waals surface area contributed by atoms with Crippen molar-refractivity contribution in [3.8, 4) is 0 Å². The molecule has 1 amide bonds. The summed E-state index contributed by atoms with van der Waals surface area (Å²) in [4.78, 5) is 11.6. The quantitative estimate of drug-likeness (QED) is 0.821. The molecule has 1 aromatic carbocycles. The average Bonchev–Trinajstić information content (AvgIpc) is 3.23. The minimum absolute atomic E-state index is 0.00739. The molecule has 0 radical (unpaired) electrons. The molecule has 5 heteroatoms. The lowest BCUT2D eigenvalue weighted by Crippen LogP contribution is -2.27. The van der Waals surface area contributed by atoms with Crippen molar-refractivity contribution in [1.82, 2.24) is 5.32 Å². The molecule has 0 heterocycles. The van der Waals surface area contributed by atoms with E-state index in [1.165, 1.54) is 18.2 Å². The summed E-state index contributed by atoms with van der Waals surface area (Å²) in [5.41, 5.74) is 1.45. The minimum atomic E-state index is -0.958. The van der Waals surface area contributed by atoms with Gasteiger partial charge in [0.25, 0.3) is 0 Å². The summed E-state index contributed by atoms with van der Waals surface area (Å²) >= 11 is 5.57. The van der Waals surface area contributed by atoms with Gasteiger partial charge in [-0.15, -0.1) is 0 Å². The van der Waals surface area contributed by atoms with Crippen molar-refractivity contribution in [3.05, 3.63) is 46.3 Å². The number of aliphatic hydroxyl groups excluding tert-OH is 1. The van der Waals surface area contributed by atoms with Crippen molar-refractivity contribution in [1.29, 1.82) is 0 Å². The highest BCUT2D eigenvalue weighted by atomic mass is 35.5. The Morgan fingerprint density at radius 1 is 1.60 bits per heavy atom. The normalized spacial score (nSPS) is 16.9. The average molecular weight is 298 g/mol. The number of hydrogen-bond acceptors (Lipinski definition) is 2. The molecule has 1 fully saturated rings. The number of allylic oxidation sites excluding steroid dienone is 1. The van der Waals surface area contributed by atoms with E-state index in [0.29, 0.717) is 11.5 Å². The van der Waals surface area contributed by atoms with Gasteiger partial charge in [0, 0.05) is 12.6 Å². The van der Waals surface area contributed by atoms with E-state index in [1.807, 2.05) is 6.92 Å². The Hall–Kier alpha value is -1.39. The molecule has 1 aliphatic rings. The molecule has 20 heavy (non-hydrogen) atoms. The topological polar surface area (TPSA) is 49.3 Å². The van der Waals surface area contributed by atoms with Gasteiger partial charge < -0.3 is 10.4 Å². The Morgan fingerprint density at radius 3 is 2.90 bits per heavy atom. The summed E-state index contributed by atoms with van der Waals surface area (Å²) in [6, 6.07) is 4.09. The van der Waals surface area contributed by atoms with Crippen molar-refractivity contribution in [2.45, 2.75) is 25.9 Å². The summed E-state index contributed by atoms with van der Waals surface area (Å²) in [6.45, 7) is 1.97. The molecular weight excluding hydrogens is 281 g/mol. The highest BCUT2D eigenvalue weighted by Gasteiger charge is 2.23. The molecule has 0 aliphatic heterocycles. The van der Waals surface area contributed by atoms with Gasteiger partial charge in [0.15, 0.2) is 0 Å². The number of benzene rings is 1. The Kier molecular flexibility index (Phi) is 4.78. The predicted octanol–water partition coefficient (Wildman–Crippen LogP) is 2.99.